The molecule has 3 aromatic carbocycles. The SMILES string of the molecule is CC(C)(C)c1ccccc1OCC(=O)NNC(=O)c1ccc(NC(=O)c2ccccc2)cc1. The molecule has 3 aromatic rings. The zero-order valence-corrected chi connectivity index (χ0v) is 18.8. The van der Waals surface area contributed by atoms with Gasteiger partial charge in [-0.05, 0) is 53.4 Å². The molecule has 0 aliphatic carbocycles. The number of hydrogen-bond donors (Lipinski definition) is 3. The Morgan fingerprint density at radius 1 is 0.727 bits per heavy atom. The van der Waals surface area contributed by atoms with Gasteiger partial charge in [-0.2, -0.15) is 0 Å². The van der Waals surface area contributed by atoms with Crippen molar-refractivity contribution in [1.82, 2.24) is 10.9 Å². The third-order valence-corrected chi connectivity index (χ3v) is 4.81. The summed E-state index contributed by atoms with van der Waals surface area (Å²) in [4.78, 5) is 36.6. The topological polar surface area (TPSA) is 96.5 Å². The maximum atomic E-state index is 12.3. The molecule has 0 bridgehead atoms. The van der Waals surface area contributed by atoms with E-state index in [4.69, 9.17) is 4.74 Å². The first-order valence-electron chi connectivity index (χ1n) is 10.5. The van der Waals surface area contributed by atoms with Crippen molar-refractivity contribution in [1.29, 1.82) is 0 Å². The quantitative estimate of drug-likeness (QED) is 0.498. The lowest BCUT2D eigenvalue weighted by molar-refractivity contribution is -0.123. The van der Waals surface area contributed by atoms with Crippen molar-refractivity contribution in [2.75, 3.05) is 11.9 Å². The number of hydrazine groups is 1. The van der Waals surface area contributed by atoms with E-state index in [1.54, 1.807) is 48.5 Å². The number of hydrogen-bond acceptors (Lipinski definition) is 4. The Morgan fingerprint density at radius 2 is 1.33 bits per heavy atom. The second-order valence-electron chi connectivity index (χ2n) is 8.43. The van der Waals surface area contributed by atoms with Crippen LogP contribution in [0.25, 0.3) is 0 Å². The van der Waals surface area contributed by atoms with Gasteiger partial charge in [0.25, 0.3) is 17.7 Å². The Balaban J connectivity index is 1.49. The largest absolute Gasteiger partial charge is 0.483 e. The molecule has 0 atom stereocenters. The first-order valence-corrected chi connectivity index (χ1v) is 10.5. The standard InChI is InChI=1S/C26H27N3O4/c1-26(2,3)21-11-7-8-12-22(21)33-17-23(30)28-29-25(32)19-13-15-20(16-14-19)27-24(31)18-9-5-4-6-10-18/h4-16H,17H2,1-3H3,(H,27,31)(H,28,30)(H,29,32). The monoisotopic (exact) mass is 445 g/mol. The van der Waals surface area contributed by atoms with E-state index in [2.05, 4.69) is 36.9 Å². The molecule has 0 aliphatic rings. The van der Waals surface area contributed by atoms with Crippen LogP contribution in [0.4, 0.5) is 5.69 Å². The van der Waals surface area contributed by atoms with Crippen molar-refractivity contribution < 1.29 is 19.1 Å². The fourth-order valence-corrected chi connectivity index (χ4v) is 3.09. The van der Waals surface area contributed by atoms with Gasteiger partial charge in [-0.15, -0.1) is 0 Å². The van der Waals surface area contributed by atoms with E-state index in [1.165, 1.54) is 0 Å². The van der Waals surface area contributed by atoms with Gasteiger partial charge in [0, 0.05) is 16.8 Å². The van der Waals surface area contributed by atoms with E-state index in [0.717, 1.165) is 5.56 Å². The number of anilines is 1. The highest BCUT2D eigenvalue weighted by atomic mass is 16.5. The van der Waals surface area contributed by atoms with Crippen LogP contribution in [0.5, 0.6) is 5.75 Å². The fourth-order valence-electron chi connectivity index (χ4n) is 3.09. The smallest absolute Gasteiger partial charge is 0.276 e. The lowest BCUT2D eigenvalue weighted by Gasteiger charge is -2.22. The Morgan fingerprint density at radius 3 is 2.00 bits per heavy atom. The summed E-state index contributed by atoms with van der Waals surface area (Å²) in [5.41, 5.74) is 6.97. The van der Waals surface area contributed by atoms with Gasteiger partial charge in [0.15, 0.2) is 6.61 Å². The molecule has 0 spiro atoms. The van der Waals surface area contributed by atoms with E-state index < -0.39 is 11.8 Å². The molecular weight excluding hydrogens is 418 g/mol. The molecule has 33 heavy (non-hydrogen) atoms. The van der Waals surface area contributed by atoms with Crippen molar-refractivity contribution in [3.05, 3.63) is 95.6 Å². The zero-order valence-electron chi connectivity index (χ0n) is 18.8. The number of carbonyl (C=O) groups is 3. The second kappa shape index (κ2) is 10.5. The maximum absolute atomic E-state index is 12.3. The van der Waals surface area contributed by atoms with E-state index in [1.807, 2.05) is 30.3 Å². The molecule has 3 rings (SSSR count). The number of benzene rings is 3. The molecule has 170 valence electrons. The molecular formula is C26H27N3O4. The molecule has 0 aliphatic heterocycles. The molecule has 7 heteroatoms. The van der Waals surface area contributed by atoms with Gasteiger partial charge >= 0.3 is 0 Å². The van der Waals surface area contributed by atoms with Gasteiger partial charge in [0.1, 0.15) is 5.75 Å². The third kappa shape index (κ3) is 6.67. The fraction of sp³-hybridized carbons (Fsp3) is 0.192. The number of para-hydroxylation sites is 1. The van der Waals surface area contributed by atoms with Crippen LogP contribution in [0.3, 0.4) is 0 Å². The van der Waals surface area contributed by atoms with Crippen molar-refractivity contribution in [3.63, 3.8) is 0 Å². The molecule has 0 saturated carbocycles. The van der Waals surface area contributed by atoms with E-state index in [9.17, 15) is 14.4 Å². The molecule has 0 heterocycles. The predicted octanol–water partition coefficient (Wildman–Crippen LogP) is 4.08. The molecule has 3 amide bonds. The minimum absolute atomic E-state index is 0.131. The third-order valence-electron chi connectivity index (χ3n) is 4.81. The van der Waals surface area contributed by atoms with E-state index in [0.29, 0.717) is 22.6 Å². The Bertz CT molecular complexity index is 1120. The first kappa shape index (κ1) is 23.5. The van der Waals surface area contributed by atoms with Gasteiger partial charge in [-0.25, -0.2) is 0 Å². The normalized spacial score (nSPS) is 10.8. The van der Waals surface area contributed by atoms with Crippen LogP contribution in [0.1, 0.15) is 47.1 Å². The van der Waals surface area contributed by atoms with Gasteiger partial charge in [0.2, 0.25) is 0 Å². The Hall–Kier alpha value is -4.13. The molecule has 0 aromatic heterocycles. The summed E-state index contributed by atoms with van der Waals surface area (Å²) in [6.07, 6.45) is 0. The molecule has 0 fully saturated rings. The molecule has 7 nitrogen and oxygen atoms in total. The summed E-state index contributed by atoms with van der Waals surface area (Å²) in [5, 5.41) is 2.76. The number of amides is 3. The Labute approximate surface area is 193 Å². The van der Waals surface area contributed by atoms with Crippen LogP contribution in [-0.2, 0) is 10.2 Å². The molecule has 0 unspecified atom stereocenters. The minimum atomic E-state index is -0.487. The van der Waals surface area contributed by atoms with E-state index in [-0.39, 0.29) is 17.9 Å². The van der Waals surface area contributed by atoms with Gasteiger partial charge < -0.3 is 10.1 Å². The van der Waals surface area contributed by atoms with E-state index >= 15 is 0 Å². The molecule has 0 radical (unpaired) electrons. The summed E-state index contributed by atoms with van der Waals surface area (Å²) in [5.74, 6) is -0.592. The van der Waals surface area contributed by atoms with Gasteiger partial charge in [0.05, 0.1) is 0 Å². The summed E-state index contributed by atoms with van der Waals surface area (Å²) in [7, 11) is 0. The maximum Gasteiger partial charge on any atom is 0.276 e. The average Bonchev–Trinajstić information content (AvgIpc) is 2.81. The van der Waals surface area contributed by atoms with Crippen LogP contribution in [0, 0.1) is 0 Å². The Kier molecular flexibility index (Phi) is 7.46. The number of carbonyl (C=O) groups excluding carboxylic acids is 3. The minimum Gasteiger partial charge on any atom is -0.483 e. The van der Waals surface area contributed by atoms with Crippen LogP contribution in [-0.4, -0.2) is 24.3 Å². The van der Waals surface area contributed by atoms with Crippen molar-refractivity contribution in [2.24, 2.45) is 0 Å². The van der Waals surface area contributed by atoms with Crippen LogP contribution >= 0.6 is 0 Å². The second-order valence-corrected chi connectivity index (χ2v) is 8.43. The van der Waals surface area contributed by atoms with Crippen molar-refractivity contribution >= 4 is 23.4 Å². The van der Waals surface area contributed by atoms with Crippen molar-refractivity contribution in [3.8, 4) is 5.75 Å². The highest BCUT2D eigenvalue weighted by Crippen LogP contribution is 2.30. The van der Waals surface area contributed by atoms with Crippen molar-refractivity contribution in [2.45, 2.75) is 26.2 Å². The number of nitrogens with one attached hydrogen (secondary N) is 3. The molecule has 0 saturated heterocycles. The van der Waals surface area contributed by atoms with Gasteiger partial charge in [-0.1, -0.05) is 57.2 Å². The lowest BCUT2D eigenvalue weighted by Crippen LogP contribution is -2.43. The summed E-state index contributed by atoms with van der Waals surface area (Å²) >= 11 is 0. The number of rotatable bonds is 6. The van der Waals surface area contributed by atoms with Crippen LogP contribution in [0.15, 0.2) is 78.9 Å². The van der Waals surface area contributed by atoms with Gasteiger partial charge in [-0.3, -0.25) is 25.2 Å². The zero-order chi connectivity index (χ0) is 23.8. The number of ether oxygens (including phenoxy) is 1. The van der Waals surface area contributed by atoms with Crippen LogP contribution < -0.4 is 20.9 Å². The predicted molar refractivity (Wildman–Crippen MR) is 127 cm³/mol. The van der Waals surface area contributed by atoms with Crippen LogP contribution in [0.2, 0.25) is 0 Å². The first-order chi connectivity index (χ1) is 15.7. The summed E-state index contributed by atoms with van der Waals surface area (Å²) < 4.78 is 5.65. The highest BCUT2D eigenvalue weighted by Gasteiger charge is 2.19. The highest BCUT2D eigenvalue weighted by molar-refractivity contribution is 6.04. The summed E-state index contributed by atoms with van der Waals surface area (Å²) in [6.45, 7) is 5.95. The lowest BCUT2D eigenvalue weighted by atomic mass is 9.86. The average molecular weight is 446 g/mol. The summed E-state index contributed by atoms with van der Waals surface area (Å²) in [6, 6.07) is 22.7. The molecule has 3 N–H and O–H groups in total.